The molecule has 3 aromatic heterocycles. The number of aromatic nitrogens is 5. The number of aryl methyl sites for hydroxylation is 1. The van der Waals surface area contributed by atoms with Gasteiger partial charge in [-0.05, 0) is 35.0 Å². The highest BCUT2D eigenvalue weighted by molar-refractivity contribution is 9.10. The minimum absolute atomic E-state index is 0.779. The van der Waals surface area contributed by atoms with Crippen LogP contribution in [0.3, 0.4) is 0 Å². The Hall–Kier alpha value is -2.22. The van der Waals surface area contributed by atoms with Crippen LogP contribution in [0.1, 0.15) is 5.69 Å². The van der Waals surface area contributed by atoms with E-state index >= 15 is 0 Å². The van der Waals surface area contributed by atoms with Gasteiger partial charge in [-0.3, -0.25) is 0 Å². The van der Waals surface area contributed by atoms with Crippen LogP contribution in [0.5, 0.6) is 0 Å². The van der Waals surface area contributed by atoms with Gasteiger partial charge >= 0.3 is 0 Å². The lowest BCUT2D eigenvalue weighted by molar-refractivity contribution is 0.629. The molecule has 0 aromatic carbocycles. The monoisotopic (exact) mass is 373 g/mol. The molecule has 1 aliphatic heterocycles. The smallest absolute Gasteiger partial charge is 0.225 e. The summed E-state index contributed by atoms with van der Waals surface area (Å²) < 4.78 is 2.74. The summed E-state index contributed by atoms with van der Waals surface area (Å²) in [4.78, 5) is 17.6. The first kappa shape index (κ1) is 14.4. The normalized spacial score (nSPS) is 15.4. The number of anilines is 2. The third kappa shape index (κ3) is 2.86. The zero-order valence-electron chi connectivity index (χ0n) is 12.7. The molecule has 0 unspecified atom stereocenters. The molecule has 0 saturated carbocycles. The van der Waals surface area contributed by atoms with Gasteiger partial charge in [-0.1, -0.05) is 0 Å². The maximum Gasteiger partial charge on any atom is 0.225 e. The quantitative estimate of drug-likeness (QED) is 0.683. The van der Waals surface area contributed by atoms with Crippen LogP contribution in [-0.2, 0) is 0 Å². The van der Waals surface area contributed by atoms with Crippen molar-refractivity contribution in [1.82, 2.24) is 24.6 Å². The second-order valence-electron chi connectivity index (χ2n) is 5.55. The highest BCUT2D eigenvalue weighted by Crippen LogP contribution is 2.17. The lowest BCUT2D eigenvalue weighted by atomic mass is 10.3. The number of halogens is 1. The van der Waals surface area contributed by atoms with E-state index < -0.39 is 0 Å². The van der Waals surface area contributed by atoms with Crippen LogP contribution in [0.2, 0.25) is 0 Å². The Balaban J connectivity index is 1.48. The number of fused-ring (bicyclic) bond motifs is 1. The standard InChI is InChI=1S/C15H16BrN7/c1-11-10-23-13(19-11)2-3-14(20-23)21-4-6-22(7-5-21)15-17-8-12(16)9-18-15/h2-3,8-10H,4-7H2,1H3. The Kier molecular flexibility index (Phi) is 3.60. The molecule has 8 heteroatoms. The Morgan fingerprint density at radius 1 is 1.00 bits per heavy atom. The van der Waals surface area contributed by atoms with Crippen LogP contribution < -0.4 is 9.80 Å². The first-order chi connectivity index (χ1) is 11.2. The number of piperazine rings is 1. The molecular weight excluding hydrogens is 358 g/mol. The summed E-state index contributed by atoms with van der Waals surface area (Å²) in [5.41, 5.74) is 1.86. The zero-order chi connectivity index (χ0) is 15.8. The highest BCUT2D eigenvalue weighted by atomic mass is 79.9. The molecule has 23 heavy (non-hydrogen) atoms. The summed E-state index contributed by atoms with van der Waals surface area (Å²) in [5, 5.41) is 4.65. The minimum atomic E-state index is 0.779. The van der Waals surface area contributed by atoms with Crippen molar-refractivity contribution in [3.05, 3.63) is 40.9 Å². The average molecular weight is 374 g/mol. The number of imidazole rings is 1. The van der Waals surface area contributed by atoms with E-state index in [4.69, 9.17) is 0 Å². The van der Waals surface area contributed by atoms with Gasteiger partial charge in [0.25, 0.3) is 0 Å². The second kappa shape index (κ2) is 5.77. The van der Waals surface area contributed by atoms with Gasteiger partial charge in [-0.15, -0.1) is 5.10 Å². The van der Waals surface area contributed by atoms with Gasteiger partial charge in [-0.2, -0.15) is 0 Å². The average Bonchev–Trinajstić information content (AvgIpc) is 2.95. The number of hydrogen-bond acceptors (Lipinski definition) is 6. The first-order valence-electron chi connectivity index (χ1n) is 7.49. The van der Waals surface area contributed by atoms with Crippen molar-refractivity contribution in [2.45, 2.75) is 6.92 Å². The van der Waals surface area contributed by atoms with Gasteiger partial charge < -0.3 is 9.80 Å². The van der Waals surface area contributed by atoms with Crippen molar-refractivity contribution >= 4 is 33.3 Å². The zero-order valence-corrected chi connectivity index (χ0v) is 14.3. The van der Waals surface area contributed by atoms with Gasteiger partial charge in [0.15, 0.2) is 5.65 Å². The van der Waals surface area contributed by atoms with Gasteiger partial charge in [0.05, 0.1) is 16.4 Å². The summed E-state index contributed by atoms with van der Waals surface area (Å²) >= 11 is 3.36. The van der Waals surface area contributed by atoms with Gasteiger partial charge in [0, 0.05) is 38.6 Å². The van der Waals surface area contributed by atoms with Crippen molar-refractivity contribution < 1.29 is 0 Å². The van der Waals surface area contributed by atoms with Crippen molar-refractivity contribution in [3.8, 4) is 0 Å². The molecule has 4 rings (SSSR count). The van der Waals surface area contributed by atoms with Crippen LogP contribution in [0.25, 0.3) is 5.65 Å². The minimum Gasteiger partial charge on any atom is -0.352 e. The summed E-state index contributed by atoms with van der Waals surface area (Å²) in [6.07, 6.45) is 5.52. The van der Waals surface area contributed by atoms with E-state index in [1.807, 2.05) is 29.8 Å². The van der Waals surface area contributed by atoms with Gasteiger partial charge in [0.1, 0.15) is 5.82 Å². The largest absolute Gasteiger partial charge is 0.352 e. The lowest BCUT2D eigenvalue weighted by Gasteiger charge is -2.35. The molecule has 4 heterocycles. The van der Waals surface area contributed by atoms with Crippen LogP contribution in [0.4, 0.5) is 11.8 Å². The van der Waals surface area contributed by atoms with Crippen molar-refractivity contribution in [2.24, 2.45) is 0 Å². The van der Waals surface area contributed by atoms with Crippen LogP contribution >= 0.6 is 15.9 Å². The topological polar surface area (TPSA) is 62.5 Å². The fourth-order valence-corrected chi connectivity index (χ4v) is 2.97. The summed E-state index contributed by atoms with van der Waals surface area (Å²) in [7, 11) is 0. The van der Waals surface area contributed by atoms with E-state index in [-0.39, 0.29) is 0 Å². The summed E-state index contributed by atoms with van der Waals surface area (Å²) in [6.45, 7) is 5.52. The number of nitrogens with zero attached hydrogens (tertiary/aromatic N) is 7. The van der Waals surface area contributed by atoms with E-state index in [1.54, 1.807) is 12.4 Å². The number of rotatable bonds is 2. The van der Waals surface area contributed by atoms with Gasteiger partial charge in [0.2, 0.25) is 5.95 Å². The molecular formula is C15H16BrN7. The molecule has 0 spiro atoms. The fraction of sp³-hybridized carbons (Fsp3) is 0.333. The summed E-state index contributed by atoms with van der Waals surface area (Å²) in [5.74, 6) is 1.76. The predicted octanol–water partition coefficient (Wildman–Crippen LogP) is 1.92. The molecule has 0 amide bonds. The second-order valence-corrected chi connectivity index (χ2v) is 6.47. The molecule has 3 aromatic rings. The Morgan fingerprint density at radius 2 is 1.70 bits per heavy atom. The predicted molar refractivity (Wildman–Crippen MR) is 91.9 cm³/mol. The lowest BCUT2D eigenvalue weighted by Crippen LogP contribution is -2.47. The molecule has 7 nitrogen and oxygen atoms in total. The first-order valence-corrected chi connectivity index (χ1v) is 8.29. The Bertz CT molecular complexity index is 821. The fourth-order valence-electron chi connectivity index (χ4n) is 2.76. The van der Waals surface area contributed by atoms with Crippen molar-refractivity contribution in [3.63, 3.8) is 0 Å². The maximum absolute atomic E-state index is 4.65. The molecule has 1 aliphatic rings. The highest BCUT2D eigenvalue weighted by Gasteiger charge is 2.20. The maximum atomic E-state index is 4.65. The molecule has 0 radical (unpaired) electrons. The van der Waals surface area contributed by atoms with E-state index in [0.29, 0.717) is 0 Å². The Labute approximate surface area is 142 Å². The van der Waals surface area contributed by atoms with E-state index in [9.17, 15) is 0 Å². The third-order valence-corrected chi connectivity index (χ3v) is 4.33. The third-order valence-electron chi connectivity index (χ3n) is 3.92. The molecule has 1 fully saturated rings. The molecule has 1 saturated heterocycles. The van der Waals surface area contributed by atoms with Crippen LogP contribution in [0, 0.1) is 6.92 Å². The summed E-state index contributed by atoms with van der Waals surface area (Å²) in [6, 6.07) is 4.05. The molecule has 118 valence electrons. The molecule has 0 aliphatic carbocycles. The van der Waals surface area contributed by atoms with E-state index in [2.05, 4.69) is 45.8 Å². The molecule has 0 atom stereocenters. The van der Waals surface area contributed by atoms with E-state index in [0.717, 1.165) is 53.8 Å². The van der Waals surface area contributed by atoms with Crippen molar-refractivity contribution in [2.75, 3.05) is 36.0 Å². The number of hydrogen-bond donors (Lipinski definition) is 0. The van der Waals surface area contributed by atoms with E-state index in [1.165, 1.54) is 0 Å². The van der Waals surface area contributed by atoms with Gasteiger partial charge in [-0.25, -0.2) is 19.5 Å². The molecule has 0 bridgehead atoms. The Morgan fingerprint density at radius 3 is 2.43 bits per heavy atom. The SMILES string of the molecule is Cc1cn2nc(N3CCN(c4ncc(Br)cn4)CC3)ccc2n1. The molecule has 0 N–H and O–H groups in total. The van der Waals surface area contributed by atoms with Crippen LogP contribution in [-0.4, -0.2) is 50.7 Å². The van der Waals surface area contributed by atoms with Crippen molar-refractivity contribution in [1.29, 1.82) is 0 Å². The van der Waals surface area contributed by atoms with Crippen LogP contribution in [0.15, 0.2) is 35.2 Å².